The van der Waals surface area contributed by atoms with Gasteiger partial charge < -0.3 is 5.32 Å². The van der Waals surface area contributed by atoms with Gasteiger partial charge in [0, 0.05) is 17.1 Å². The Morgan fingerprint density at radius 2 is 1.67 bits per heavy atom. The van der Waals surface area contributed by atoms with E-state index in [9.17, 15) is 13.2 Å². The van der Waals surface area contributed by atoms with Crippen molar-refractivity contribution in [1.29, 1.82) is 0 Å². The van der Waals surface area contributed by atoms with E-state index in [1.54, 1.807) is 32.0 Å². The highest BCUT2D eigenvalue weighted by molar-refractivity contribution is 7.89. The van der Waals surface area contributed by atoms with Crippen LogP contribution in [0, 0.1) is 6.92 Å². The van der Waals surface area contributed by atoms with Crippen LogP contribution in [-0.2, 0) is 10.0 Å². The third kappa shape index (κ3) is 5.08. The Hall–Kier alpha value is -2.67. The Morgan fingerprint density at radius 3 is 2.33 bits per heavy atom. The Bertz CT molecular complexity index is 1150. The maximum atomic E-state index is 13.2. The van der Waals surface area contributed by atoms with Crippen LogP contribution in [-0.4, -0.2) is 20.9 Å². The molecule has 0 spiro atoms. The van der Waals surface area contributed by atoms with Crippen molar-refractivity contribution in [2.45, 2.75) is 24.8 Å². The Balaban J connectivity index is 1.99. The first-order valence-electron chi connectivity index (χ1n) is 9.53. The summed E-state index contributed by atoms with van der Waals surface area (Å²) in [6, 6.07) is 20.9. The molecule has 1 atom stereocenters. The van der Waals surface area contributed by atoms with E-state index in [1.165, 1.54) is 12.1 Å². The number of rotatable bonds is 7. The van der Waals surface area contributed by atoms with Gasteiger partial charge in [-0.05, 0) is 47.9 Å². The first-order chi connectivity index (χ1) is 14.3. The van der Waals surface area contributed by atoms with Crippen LogP contribution in [0.4, 0.5) is 0 Å². The summed E-state index contributed by atoms with van der Waals surface area (Å²) in [7, 11) is -3.67. The van der Waals surface area contributed by atoms with Gasteiger partial charge in [0.2, 0.25) is 10.0 Å². The van der Waals surface area contributed by atoms with E-state index in [4.69, 9.17) is 11.6 Å². The monoisotopic (exact) mass is 442 g/mol. The van der Waals surface area contributed by atoms with Crippen LogP contribution in [0.2, 0.25) is 5.02 Å². The molecule has 156 valence electrons. The number of benzene rings is 3. The lowest BCUT2D eigenvalue weighted by Crippen LogP contribution is -2.30. The highest BCUT2D eigenvalue weighted by Crippen LogP contribution is 2.25. The SMILES string of the molecule is CCNS(=O)(=O)c1ccc(C)c(C(=O)NC(c2ccccc2)c2cccc(Cl)c2)c1. The largest absolute Gasteiger partial charge is 0.341 e. The Kier molecular flexibility index (Phi) is 6.92. The van der Waals surface area contributed by atoms with Gasteiger partial charge in [-0.25, -0.2) is 13.1 Å². The first kappa shape index (κ1) is 22.0. The summed E-state index contributed by atoms with van der Waals surface area (Å²) in [6.45, 7) is 3.74. The molecule has 0 aliphatic carbocycles. The maximum absolute atomic E-state index is 13.2. The molecule has 0 bridgehead atoms. The molecule has 1 amide bonds. The van der Waals surface area contributed by atoms with Crippen molar-refractivity contribution in [2.75, 3.05) is 6.54 Å². The second kappa shape index (κ2) is 9.43. The van der Waals surface area contributed by atoms with Gasteiger partial charge in [-0.3, -0.25) is 4.79 Å². The number of hydrogen-bond acceptors (Lipinski definition) is 3. The van der Waals surface area contributed by atoms with Crippen molar-refractivity contribution in [3.63, 3.8) is 0 Å². The fraction of sp³-hybridized carbons (Fsp3) is 0.174. The second-order valence-corrected chi connectivity index (χ2v) is 9.05. The number of halogens is 1. The molecule has 7 heteroatoms. The number of nitrogens with one attached hydrogen (secondary N) is 2. The third-order valence-corrected chi connectivity index (χ3v) is 6.47. The van der Waals surface area contributed by atoms with Crippen LogP contribution in [0.25, 0.3) is 0 Å². The fourth-order valence-electron chi connectivity index (χ4n) is 3.19. The molecular formula is C23H23ClN2O3S. The second-order valence-electron chi connectivity index (χ2n) is 6.85. The van der Waals surface area contributed by atoms with Gasteiger partial charge >= 0.3 is 0 Å². The average molecular weight is 443 g/mol. The summed E-state index contributed by atoms with van der Waals surface area (Å²) >= 11 is 6.17. The van der Waals surface area contributed by atoms with E-state index in [0.717, 1.165) is 11.1 Å². The smallest absolute Gasteiger partial charge is 0.252 e. The number of hydrogen-bond donors (Lipinski definition) is 2. The predicted octanol–water partition coefficient (Wildman–Crippen LogP) is 4.47. The molecule has 0 aromatic heterocycles. The van der Waals surface area contributed by atoms with Crippen molar-refractivity contribution in [3.8, 4) is 0 Å². The topological polar surface area (TPSA) is 75.3 Å². The molecule has 3 aromatic rings. The molecule has 3 aromatic carbocycles. The van der Waals surface area contributed by atoms with Gasteiger partial charge in [-0.2, -0.15) is 0 Å². The van der Waals surface area contributed by atoms with Gasteiger partial charge in [0.05, 0.1) is 10.9 Å². The minimum absolute atomic E-state index is 0.0547. The summed E-state index contributed by atoms with van der Waals surface area (Å²) in [4.78, 5) is 13.2. The van der Waals surface area contributed by atoms with E-state index in [0.29, 0.717) is 16.1 Å². The fourth-order valence-corrected chi connectivity index (χ4v) is 4.45. The molecule has 1 unspecified atom stereocenters. The van der Waals surface area contributed by atoms with Gasteiger partial charge in [-0.1, -0.05) is 67.1 Å². The lowest BCUT2D eigenvalue weighted by molar-refractivity contribution is 0.0942. The summed E-state index contributed by atoms with van der Waals surface area (Å²) in [5.41, 5.74) is 2.70. The van der Waals surface area contributed by atoms with Crippen LogP contribution in [0.1, 0.15) is 40.0 Å². The summed E-state index contributed by atoms with van der Waals surface area (Å²) in [5, 5.41) is 3.60. The highest BCUT2D eigenvalue weighted by atomic mass is 35.5. The average Bonchev–Trinajstić information content (AvgIpc) is 2.72. The number of amides is 1. The van der Waals surface area contributed by atoms with Crippen molar-refractivity contribution >= 4 is 27.5 Å². The summed E-state index contributed by atoms with van der Waals surface area (Å²) in [6.07, 6.45) is 0. The van der Waals surface area contributed by atoms with Gasteiger partial charge in [-0.15, -0.1) is 0 Å². The molecule has 3 rings (SSSR count). The summed E-state index contributed by atoms with van der Waals surface area (Å²) < 4.78 is 27.2. The number of sulfonamides is 1. The molecule has 30 heavy (non-hydrogen) atoms. The zero-order valence-electron chi connectivity index (χ0n) is 16.7. The minimum Gasteiger partial charge on any atom is -0.341 e. The molecule has 0 saturated carbocycles. The lowest BCUT2D eigenvalue weighted by atomic mass is 9.98. The van der Waals surface area contributed by atoms with E-state index in [1.807, 2.05) is 42.5 Å². The molecule has 0 aliphatic heterocycles. The van der Waals surface area contributed by atoms with Crippen LogP contribution >= 0.6 is 11.6 Å². The van der Waals surface area contributed by atoms with Crippen molar-refractivity contribution in [1.82, 2.24) is 10.0 Å². The van der Waals surface area contributed by atoms with Crippen LogP contribution in [0.5, 0.6) is 0 Å². The van der Waals surface area contributed by atoms with Crippen molar-refractivity contribution in [2.24, 2.45) is 0 Å². The molecule has 0 fully saturated rings. The number of aryl methyl sites for hydroxylation is 1. The maximum Gasteiger partial charge on any atom is 0.252 e. The van der Waals surface area contributed by atoms with Gasteiger partial charge in [0.15, 0.2) is 0 Å². The highest BCUT2D eigenvalue weighted by Gasteiger charge is 2.21. The number of carbonyl (C=O) groups excluding carboxylic acids is 1. The third-order valence-electron chi connectivity index (χ3n) is 4.69. The Labute approximate surface area is 182 Å². The van der Waals surface area contributed by atoms with E-state index in [-0.39, 0.29) is 17.3 Å². The van der Waals surface area contributed by atoms with Crippen LogP contribution in [0.15, 0.2) is 77.7 Å². The quantitative estimate of drug-likeness (QED) is 0.567. The summed E-state index contributed by atoms with van der Waals surface area (Å²) in [5.74, 6) is -0.366. The molecule has 0 heterocycles. The van der Waals surface area contributed by atoms with Crippen molar-refractivity contribution in [3.05, 3.63) is 100 Å². The van der Waals surface area contributed by atoms with Crippen LogP contribution in [0.3, 0.4) is 0 Å². The number of carbonyl (C=O) groups is 1. The first-order valence-corrected chi connectivity index (χ1v) is 11.4. The Morgan fingerprint density at radius 1 is 0.967 bits per heavy atom. The molecule has 5 nitrogen and oxygen atoms in total. The van der Waals surface area contributed by atoms with Gasteiger partial charge in [0.25, 0.3) is 5.91 Å². The van der Waals surface area contributed by atoms with E-state index < -0.39 is 16.1 Å². The minimum atomic E-state index is -3.67. The molecule has 2 N–H and O–H groups in total. The van der Waals surface area contributed by atoms with E-state index in [2.05, 4.69) is 10.0 Å². The molecule has 0 aliphatic rings. The lowest BCUT2D eigenvalue weighted by Gasteiger charge is -2.21. The zero-order valence-corrected chi connectivity index (χ0v) is 18.3. The van der Waals surface area contributed by atoms with E-state index >= 15 is 0 Å². The predicted molar refractivity (Wildman–Crippen MR) is 119 cm³/mol. The van der Waals surface area contributed by atoms with Crippen molar-refractivity contribution < 1.29 is 13.2 Å². The molecule has 0 radical (unpaired) electrons. The normalized spacial score (nSPS) is 12.4. The molecular weight excluding hydrogens is 420 g/mol. The van der Waals surface area contributed by atoms with Crippen LogP contribution < -0.4 is 10.0 Å². The zero-order chi connectivity index (χ0) is 21.7. The standard InChI is InChI=1S/C23H23ClN2O3S/c1-3-25-30(28,29)20-13-12-16(2)21(15-20)23(27)26-22(17-8-5-4-6-9-17)18-10-7-11-19(24)14-18/h4-15,22,25H,3H2,1-2H3,(H,26,27). The molecule has 0 saturated heterocycles. The van der Waals surface area contributed by atoms with Gasteiger partial charge in [0.1, 0.15) is 0 Å².